The molecule has 2 saturated heterocycles. The molecule has 40 heavy (non-hydrogen) atoms. The third kappa shape index (κ3) is 3.84. The van der Waals surface area contributed by atoms with E-state index in [1.165, 1.54) is 0 Å². The maximum atomic E-state index is 14.6. The van der Waals surface area contributed by atoms with Crippen LogP contribution in [0.3, 0.4) is 0 Å². The van der Waals surface area contributed by atoms with Crippen LogP contribution in [0.4, 0.5) is 4.79 Å². The molecule has 4 saturated carbocycles. The normalized spacial score (nSPS) is 46.6. The van der Waals surface area contributed by atoms with Crippen molar-refractivity contribution in [3.63, 3.8) is 0 Å². The van der Waals surface area contributed by atoms with Gasteiger partial charge in [0.25, 0.3) is 0 Å². The molecule has 4 aliphatic carbocycles. The van der Waals surface area contributed by atoms with Crippen molar-refractivity contribution in [1.82, 2.24) is 15.2 Å². The smallest absolute Gasteiger partial charge is 0.414 e. The average molecular weight is 550 g/mol. The second kappa shape index (κ2) is 9.35. The Kier molecular flexibility index (Phi) is 6.21. The van der Waals surface area contributed by atoms with Crippen LogP contribution in [0.1, 0.15) is 64.4 Å². The second-order valence-electron chi connectivity index (χ2n) is 14.3. The van der Waals surface area contributed by atoms with Gasteiger partial charge in [-0.05, 0) is 92.9 Å². The number of nitrogens with zero attached hydrogens (tertiary/aromatic N) is 2. The first-order valence-corrected chi connectivity index (χ1v) is 15.4. The Morgan fingerprint density at radius 2 is 1.90 bits per heavy atom. The van der Waals surface area contributed by atoms with Crippen LogP contribution < -0.4 is 5.32 Å². The molecule has 7 rings (SSSR count). The van der Waals surface area contributed by atoms with E-state index in [1.807, 2.05) is 12.1 Å². The average Bonchev–Trinajstić information content (AvgIpc) is 3.24. The van der Waals surface area contributed by atoms with Gasteiger partial charge < -0.3 is 14.4 Å². The number of piperidine rings is 1. The van der Waals surface area contributed by atoms with E-state index in [0.717, 1.165) is 63.7 Å². The predicted octanol–water partition coefficient (Wildman–Crippen LogP) is 4.02. The number of alkyl carbamates (subject to hydrolysis) is 1. The Hall–Kier alpha value is -2.32. The molecule has 1 N–H and O–H groups in total. The summed E-state index contributed by atoms with van der Waals surface area (Å²) < 4.78 is 12.5. The Morgan fingerprint density at radius 1 is 1.12 bits per heavy atom. The van der Waals surface area contributed by atoms with Crippen molar-refractivity contribution in [3.8, 4) is 0 Å². The van der Waals surface area contributed by atoms with Crippen molar-refractivity contribution >= 4 is 17.8 Å². The lowest BCUT2D eigenvalue weighted by molar-refractivity contribution is -0.160. The van der Waals surface area contributed by atoms with E-state index in [-0.39, 0.29) is 46.4 Å². The zero-order chi connectivity index (χ0) is 27.9. The van der Waals surface area contributed by atoms with Crippen molar-refractivity contribution < 1.29 is 23.9 Å². The number of hydrogen-bond donors (Lipinski definition) is 1. The van der Waals surface area contributed by atoms with E-state index >= 15 is 0 Å². The molecule has 3 unspecified atom stereocenters. The van der Waals surface area contributed by atoms with E-state index in [0.29, 0.717) is 24.7 Å². The second-order valence-corrected chi connectivity index (χ2v) is 14.3. The monoisotopic (exact) mass is 549 g/mol. The quantitative estimate of drug-likeness (QED) is 0.592. The van der Waals surface area contributed by atoms with Crippen LogP contribution in [0.2, 0.25) is 0 Å². The molecule has 216 valence electrons. The highest BCUT2D eigenvalue weighted by Crippen LogP contribution is 2.78. The van der Waals surface area contributed by atoms with Gasteiger partial charge in [0.05, 0.1) is 12.0 Å². The number of fused-ring (bicyclic) bond motifs is 2. The van der Waals surface area contributed by atoms with Crippen LogP contribution in [-0.2, 0) is 25.5 Å². The number of rotatable bonds is 5. The third-order valence-electron chi connectivity index (χ3n) is 12.5. The first kappa shape index (κ1) is 26.6. The standard InChI is InChI=1S/C32H43N3O5/c1-19-27(36)30(2,14-20-6-11-33-12-7-20)16-25(40-29(38)34-28(37)23-18-35-13-8-21(23)17-35)32-15-22(32)4-9-31(19)10-5-24(39-3)26(31)32/h6-7,11-12,19,21-26H,4-5,8-10,13-18H2,1-3H3,(H,34,37,38)/t19-,21+,22-,23-,24+,25+,26?,30+,31?,32-/m0/s1. The van der Waals surface area contributed by atoms with Gasteiger partial charge in [-0.2, -0.15) is 0 Å². The highest BCUT2D eigenvalue weighted by molar-refractivity contribution is 5.94. The van der Waals surface area contributed by atoms with Crippen molar-refractivity contribution in [1.29, 1.82) is 0 Å². The fraction of sp³-hybridized carbons (Fsp3) is 0.750. The molecular weight excluding hydrogens is 506 g/mol. The number of ketones is 1. The molecule has 11 atom stereocenters. The molecule has 8 nitrogen and oxygen atoms in total. The number of pyridine rings is 1. The summed E-state index contributed by atoms with van der Waals surface area (Å²) in [5.41, 5.74) is 0.0146. The minimum Gasteiger partial charge on any atom is -0.445 e. The van der Waals surface area contributed by atoms with Crippen LogP contribution in [0.25, 0.3) is 0 Å². The predicted molar refractivity (Wildman–Crippen MR) is 147 cm³/mol. The number of hydrogen-bond acceptors (Lipinski definition) is 7. The summed E-state index contributed by atoms with van der Waals surface area (Å²) >= 11 is 0. The van der Waals surface area contributed by atoms with Gasteiger partial charge in [0, 0.05) is 55.3 Å². The molecule has 3 heterocycles. The summed E-state index contributed by atoms with van der Waals surface area (Å²) in [6.45, 7) is 6.93. The third-order valence-corrected chi connectivity index (χ3v) is 12.5. The minimum absolute atomic E-state index is 0.0592. The molecule has 8 heteroatoms. The van der Waals surface area contributed by atoms with Gasteiger partial charge in [0.15, 0.2) is 0 Å². The first-order valence-electron chi connectivity index (χ1n) is 15.4. The van der Waals surface area contributed by atoms with E-state index in [9.17, 15) is 14.4 Å². The van der Waals surface area contributed by atoms with Gasteiger partial charge in [-0.15, -0.1) is 0 Å². The lowest BCUT2D eigenvalue weighted by atomic mass is 9.50. The first-order chi connectivity index (χ1) is 19.2. The molecule has 6 aliphatic rings. The summed E-state index contributed by atoms with van der Waals surface area (Å²) in [5, 5.41) is 2.63. The van der Waals surface area contributed by atoms with Gasteiger partial charge in [0.1, 0.15) is 11.9 Å². The molecule has 1 aromatic rings. The van der Waals surface area contributed by atoms with Gasteiger partial charge in [0.2, 0.25) is 5.91 Å². The van der Waals surface area contributed by atoms with Gasteiger partial charge in [-0.25, -0.2) is 4.79 Å². The molecule has 0 aromatic carbocycles. The Labute approximate surface area is 236 Å². The molecule has 0 radical (unpaired) electrons. The van der Waals surface area contributed by atoms with Crippen LogP contribution >= 0.6 is 0 Å². The summed E-state index contributed by atoms with van der Waals surface area (Å²) in [5.74, 6) is 0.765. The number of carbonyl (C=O) groups is 3. The van der Waals surface area contributed by atoms with Crippen molar-refractivity contribution in [2.24, 2.45) is 45.8 Å². The van der Waals surface area contributed by atoms with Gasteiger partial charge in [-0.1, -0.05) is 13.8 Å². The van der Waals surface area contributed by atoms with Crippen LogP contribution in [0.5, 0.6) is 0 Å². The topological polar surface area (TPSA) is 97.8 Å². The number of Topliss-reactive ketones (excluding diaryl/α,β-unsaturated/α-hetero) is 1. The fourth-order valence-corrected chi connectivity index (χ4v) is 10.6. The van der Waals surface area contributed by atoms with Crippen molar-refractivity contribution in [3.05, 3.63) is 30.1 Å². The van der Waals surface area contributed by atoms with E-state index < -0.39 is 17.6 Å². The van der Waals surface area contributed by atoms with Crippen LogP contribution in [0, 0.1) is 45.8 Å². The maximum Gasteiger partial charge on any atom is 0.414 e. The maximum absolute atomic E-state index is 14.6. The molecule has 2 aliphatic heterocycles. The zero-order valence-corrected chi connectivity index (χ0v) is 24.1. The van der Waals surface area contributed by atoms with Crippen molar-refractivity contribution in [2.75, 3.05) is 26.7 Å². The Morgan fingerprint density at radius 3 is 2.60 bits per heavy atom. The highest BCUT2D eigenvalue weighted by atomic mass is 16.6. The summed E-state index contributed by atoms with van der Waals surface area (Å²) in [4.78, 5) is 47.6. The number of carbonyl (C=O) groups excluding carboxylic acids is 3. The van der Waals surface area contributed by atoms with Gasteiger partial charge in [-0.3, -0.25) is 19.9 Å². The molecule has 4 bridgehead atoms. The van der Waals surface area contributed by atoms with E-state index in [2.05, 4.69) is 29.0 Å². The summed E-state index contributed by atoms with van der Waals surface area (Å²) in [6.07, 6.45) is 9.55. The number of aromatic nitrogens is 1. The number of amides is 2. The number of ether oxygens (including phenoxy) is 2. The fourth-order valence-electron chi connectivity index (χ4n) is 10.6. The van der Waals surface area contributed by atoms with Crippen LogP contribution in [0.15, 0.2) is 24.5 Å². The van der Waals surface area contributed by atoms with Gasteiger partial charge >= 0.3 is 6.09 Å². The summed E-state index contributed by atoms with van der Waals surface area (Å²) in [6, 6.07) is 3.95. The number of methoxy groups -OCH3 is 1. The van der Waals surface area contributed by atoms with Crippen LogP contribution in [-0.4, -0.2) is 66.6 Å². The SMILES string of the molecule is CO[C@@H]1CCC23CC[C@H]4C[C@@]4(C12)[C@H](OC(=O)NC(=O)[C@H]1CN2CC[C@@H]1C2)C[C@@](C)(Cc1ccncc1)C(=O)[C@@H]3C. The zero-order valence-electron chi connectivity index (χ0n) is 24.1. The summed E-state index contributed by atoms with van der Waals surface area (Å²) in [7, 11) is 1.79. The molecule has 6 fully saturated rings. The lowest BCUT2D eigenvalue weighted by Gasteiger charge is -2.55. The van der Waals surface area contributed by atoms with E-state index in [4.69, 9.17) is 9.47 Å². The largest absolute Gasteiger partial charge is 0.445 e. The van der Waals surface area contributed by atoms with Crippen molar-refractivity contribution in [2.45, 2.75) is 77.4 Å². The van der Waals surface area contributed by atoms with E-state index in [1.54, 1.807) is 19.5 Å². The molecule has 1 spiro atoms. The Bertz CT molecular complexity index is 1210. The molecule has 2 amide bonds. The Balaban J connectivity index is 1.22. The molecular formula is C32H43N3O5. The minimum atomic E-state index is -0.700. The number of nitrogens with one attached hydrogen (secondary N) is 1. The highest BCUT2D eigenvalue weighted by Gasteiger charge is 2.77. The molecule has 1 aromatic heterocycles. The lowest BCUT2D eigenvalue weighted by Crippen LogP contribution is -2.58. The number of imide groups is 1.